The van der Waals surface area contributed by atoms with E-state index >= 15 is 0 Å². The Kier molecular flexibility index (Phi) is 6.89. The van der Waals surface area contributed by atoms with Crippen LogP contribution in [0.15, 0.2) is 48.8 Å². The molecule has 0 saturated heterocycles. The highest BCUT2D eigenvalue weighted by Gasteiger charge is 2.14. The van der Waals surface area contributed by atoms with Gasteiger partial charge in [-0.2, -0.15) is 5.26 Å². The number of amides is 1. The van der Waals surface area contributed by atoms with Gasteiger partial charge in [-0.25, -0.2) is 4.98 Å². The number of thiazole rings is 1. The van der Waals surface area contributed by atoms with Crippen molar-refractivity contribution in [3.63, 3.8) is 0 Å². The maximum absolute atomic E-state index is 12.6. The Morgan fingerprint density at radius 3 is 2.85 bits per heavy atom. The second-order valence-corrected chi connectivity index (χ2v) is 7.48. The van der Waals surface area contributed by atoms with Crippen LogP contribution < -0.4 is 0 Å². The molecule has 0 atom stereocenters. The lowest BCUT2D eigenvalue weighted by Gasteiger charge is -2.21. The molecule has 5 nitrogen and oxygen atoms in total. The Hall–Kier alpha value is -2.78. The molecule has 0 fully saturated rings. The van der Waals surface area contributed by atoms with Crippen molar-refractivity contribution in [3.8, 4) is 6.07 Å². The highest BCUT2D eigenvalue weighted by Crippen LogP contribution is 2.23. The van der Waals surface area contributed by atoms with E-state index in [9.17, 15) is 4.79 Å². The summed E-state index contributed by atoms with van der Waals surface area (Å²) in [5, 5.41) is 9.98. The summed E-state index contributed by atoms with van der Waals surface area (Å²) in [5.74, 6) is 0.0957. The normalized spacial score (nSPS) is 10.6. The van der Waals surface area contributed by atoms with Crippen molar-refractivity contribution >= 4 is 27.5 Å². The van der Waals surface area contributed by atoms with Crippen molar-refractivity contribution in [1.29, 1.82) is 5.26 Å². The first kappa shape index (κ1) is 19.0. The molecule has 0 aliphatic carbocycles. The lowest BCUT2D eigenvalue weighted by Crippen LogP contribution is -2.31. The molecule has 0 saturated carbocycles. The molecule has 2 aromatic heterocycles. The van der Waals surface area contributed by atoms with Gasteiger partial charge >= 0.3 is 0 Å². The molecule has 1 aromatic carbocycles. The van der Waals surface area contributed by atoms with Crippen molar-refractivity contribution < 1.29 is 4.79 Å². The van der Waals surface area contributed by atoms with E-state index in [1.165, 1.54) is 4.70 Å². The van der Waals surface area contributed by atoms with Gasteiger partial charge in [0.2, 0.25) is 5.91 Å². The van der Waals surface area contributed by atoms with Gasteiger partial charge in [0.15, 0.2) is 0 Å². The van der Waals surface area contributed by atoms with Crippen LogP contribution in [0.4, 0.5) is 0 Å². The summed E-state index contributed by atoms with van der Waals surface area (Å²) in [6, 6.07) is 14.1. The van der Waals surface area contributed by atoms with Gasteiger partial charge < -0.3 is 4.90 Å². The molecule has 0 radical (unpaired) electrons. The molecule has 2 heterocycles. The average molecular weight is 379 g/mol. The van der Waals surface area contributed by atoms with Crippen LogP contribution in [0.1, 0.15) is 36.3 Å². The van der Waals surface area contributed by atoms with Crippen molar-refractivity contribution in [2.45, 2.75) is 38.6 Å². The van der Waals surface area contributed by atoms with Crippen LogP contribution in [0.2, 0.25) is 0 Å². The smallest absolute Gasteiger partial charge is 0.222 e. The molecule has 0 N–H and O–H groups in total. The van der Waals surface area contributed by atoms with Crippen molar-refractivity contribution in [3.05, 3.63) is 59.4 Å². The number of hydrogen-bond acceptors (Lipinski definition) is 5. The van der Waals surface area contributed by atoms with E-state index in [1.54, 1.807) is 28.6 Å². The molecule has 0 unspecified atom stereocenters. The van der Waals surface area contributed by atoms with E-state index in [0.29, 0.717) is 25.9 Å². The minimum Gasteiger partial charge on any atom is -0.337 e. The zero-order chi connectivity index (χ0) is 18.9. The largest absolute Gasteiger partial charge is 0.337 e. The predicted molar refractivity (Wildman–Crippen MR) is 107 cm³/mol. The summed E-state index contributed by atoms with van der Waals surface area (Å²) >= 11 is 1.73. The number of para-hydroxylation sites is 1. The molecule has 27 heavy (non-hydrogen) atoms. The van der Waals surface area contributed by atoms with E-state index in [-0.39, 0.29) is 5.91 Å². The van der Waals surface area contributed by atoms with E-state index in [4.69, 9.17) is 5.26 Å². The Balaban J connectivity index is 1.48. The third kappa shape index (κ3) is 5.60. The quantitative estimate of drug-likeness (QED) is 0.519. The minimum absolute atomic E-state index is 0.0957. The third-order valence-electron chi connectivity index (χ3n) is 4.31. The van der Waals surface area contributed by atoms with E-state index in [1.807, 2.05) is 30.3 Å². The lowest BCUT2D eigenvalue weighted by atomic mass is 10.1. The topological polar surface area (TPSA) is 69.9 Å². The van der Waals surface area contributed by atoms with E-state index in [2.05, 4.69) is 22.1 Å². The first-order chi connectivity index (χ1) is 13.3. The van der Waals surface area contributed by atoms with Gasteiger partial charge in [-0.05, 0) is 43.0 Å². The predicted octanol–water partition coefficient (Wildman–Crippen LogP) is 4.35. The second-order valence-electron chi connectivity index (χ2n) is 6.37. The zero-order valence-corrected chi connectivity index (χ0v) is 16.0. The van der Waals surface area contributed by atoms with E-state index in [0.717, 1.165) is 35.4 Å². The van der Waals surface area contributed by atoms with Gasteiger partial charge in [0.05, 0.1) is 27.7 Å². The lowest BCUT2D eigenvalue weighted by molar-refractivity contribution is -0.131. The summed E-state index contributed by atoms with van der Waals surface area (Å²) in [6.45, 7) is 0.967. The molecule has 3 aromatic rings. The van der Waals surface area contributed by atoms with Gasteiger partial charge in [0.1, 0.15) is 0 Å². The number of aromatic nitrogens is 2. The fourth-order valence-corrected chi connectivity index (χ4v) is 3.94. The number of benzene rings is 1. The molecule has 0 aliphatic rings. The Morgan fingerprint density at radius 2 is 2.07 bits per heavy atom. The first-order valence-corrected chi connectivity index (χ1v) is 9.96. The summed E-state index contributed by atoms with van der Waals surface area (Å²) in [6.07, 6.45) is 6.98. The van der Waals surface area contributed by atoms with Gasteiger partial charge in [-0.1, -0.05) is 18.2 Å². The fraction of sp³-hybridized carbons (Fsp3) is 0.333. The second kappa shape index (κ2) is 9.79. The molecule has 3 rings (SSSR count). The number of pyridine rings is 1. The number of fused-ring (bicyclic) bond motifs is 1. The van der Waals surface area contributed by atoms with Crippen LogP contribution >= 0.6 is 11.3 Å². The Labute approximate surface area is 163 Å². The van der Waals surface area contributed by atoms with Crippen molar-refractivity contribution in [1.82, 2.24) is 14.9 Å². The Morgan fingerprint density at radius 1 is 1.19 bits per heavy atom. The maximum atomic E-state index is 12.6. The first-order valence-electron chi connectivity index (χ1n) is 9.14. The van der Waals surface area contributed by atoms with Crippen LogP contribution in [0.3, 0.4) is 0 Å². The van der Waals surface area contributed by atoms with Crippen molar-refractivity contribution in [2.75, 3.05) is 6.54 Å². The molecule has 0 bridgehead atoms. The molecular weight excluding hydrogens is 356 g/mol. The van der Waals surface area contributed by atoms with Crippen LogP contribution in [0.5, 0.6) is 0 Å². The van der Waals surface area contributed by atoms with Crippen LogP contribution in [-0.4, -0.2) is 27.3 Å². The SMILES string of the molecule is N#CCCN(Cc1cccnc1)C(=O)CCCCc1nc2ccccc2s1. The number of aryl methyl sites for hydroxylation is 1. The number of carbonyl (C=O) groups excluding carboxylic acids is 1. The maximum Gasteiger partial charge on any atom is 0.222 e. The Bertz CT molecular complexity index is 884. The summed E-state index contributed by atoms with van der Waals surface area (Å²) < 4.78 is 1.21. The van der Waals surface area contributed by atoms with Gasteiger partial charge in [0, 0.05) is 31.9 Å². The van der Waals surface area contributed by atoms with Gasteiger partial charge in [-0.15, -0.1) is 11.3 Å². The number of hydrogen-bond donors (Lipinski definition) is 0. The van der Waals surface area contributed by atoms with Crippen LogP contribution in [-0.2, 0) is 17.8 Å². The number of nitriles is 1. The summed E-state index contributed by atoms with van der Waals surface area (Å²) in [7, 11) is 0. The highest BCUT2D eigenvalue weighted by atomic mass is 32.1. The monoisotopic (exact) mass is 378 g/mol. The molecule has 1 amide bonds. The number of carbonyl (C=O) groups is 1. The summed E-state index contributed by atoms with van der Waals surface area (Å²) in [4.78, 5) is 23.1. The van der Waals surface area contributed by atoms with Crippen LogP contribution in [0.25, 0.3) is 10.2 Å². The van der Waals surface area contributed by atoms with Gasteiger partial charge in [-0.3, -0.25) is 9.78 Å². The zero-order valence-electron chi connectivity index (χ0n) is 15.2. The molecule has 0 spiro atoms. The average Bonchev–Trinajstić information content (AvgIpc) is 3.12. The van der Waals surface area contributed by atoms with Crippen LogP contribution in [0, 0.1) is 11.3 Å². The minimum atomic E-state index is 0.0957. The standard InChI is InChI=1S/C21H22N4OS/c22-12-6-14-25(16-17-7-5-13-23-15-17)21(26)11-4-3-10-20-24-18-8-1-2-9-19(18)27-20/h1-2,5,7-9,13,15H,3-4,6,10-11,14,16H2. The van der Waals surface area contributed by atoms with Gasteiger partial charge in [0.25, 0.3) is 0 Å². The van der Waals surface area contributed by atoms with Crippen molar-refractivity contribution in [2.24, 2.45) is 0 Å². The fourth-order valence-electron chi connectivity index (χ4n) is 2.93. The van der Waals surface area contributed by atoms with E-state index < -0.39 is 0 Å². The number of rotatable bonds is 9. The number of unbranched alkanes of at least 4 members (excludes halogenated alkanes) is 1. The summed E-state index contributed by atoms with van der Waals surface area (Å²) in [5.41, 5.74) is 2.03. The number of nitrogens with zero attached hydrogens (tertiary/aromatic N) is 4. The third-order valence-corrected chi connectivity index (χ3v) is 5.41. The molecular formula is C21H22N4OS. The highest BCUT2D eigenvalue weighted by molar-refractivity contribution is 7.18. The molecule has 0 aliphatic heterocycles. The molecule has 138 valence electrons. The molecule has 6 heteroatoms.